The minimum absolute atomic E-state index is 0.0182. The molecule has 3 N–H and O–H groups in total. The van der Waals surface area contributed by atoms with Crippen molar-refractivity contribution >= 4 is 5.91 Å². The van der Waals surface area contributed by atoms with Crippen molar-refractivity contribution in [2.24, 2.45) is 5.73 Å². The first kappa shape index (κ1) is 17.4. The topological polar surface area (TPSA) is 58.4 Å². The summed E-state index contributed by atoms with van der Waals surface area (Å²) < 4.78 is 13.7. The van der Waals surface area contributed by atoms with E-state index in [1.807, 2.05) is 24.3 Å². The summed E-state index contributed by atoms with van der Waals surface area (Å²) in [5, 5.41) is 3.13. The lowest BCUT2D eigenvalue weighted by atomic mass is 10.0. The molecule has 1 saturated carbocycles. The number of benzene rings is 1. The third kappa shape index (κ3) is 4.54. The molecule has 1 aromatic rings. The van der Waals surface area contributed by atoms with Gasteiger partial charge in [0.2, 0.25) is 0 Å². The van der Waals surface area contributed by atoms with Crippen LogP contribution in [0.4, 0.5) is 4.39 Å². The lowest BCUT2D eigenvalue weighted by Crippen LogP contribution is -2.47. The van der Waals surface area contributed by atoms with Gasteiger partial charge in [-0.1, -0.05) is 12.1 Å². The average molecular weight is 333 g/mol. The molecule has 1 aliphatic carbocycles. The Bertz CT molecular complexity index is 591. The molecule has 2 atom stereocenters. The lowest BCUT2D eigenvalue weighted by molar-refractivity contribution is 0.0846. The minimum atomic E-state index is -1.17. The van der Waals surface area contributed by atoms with Crippen LogP contribution in [0.15, 0.2) is 24.3 Å². The highest BCUT2D eigenvalue weighted by Crippen LogP contribution is 2.39. The molecular weight excluding hydrogens is 305 g/mol. The maximum absolute atomic E-state index is 13.7. The van der Waals surface area contributed by atoms with Crippen molar-refractivity contribution < 1.29 is 9.18 Å². The second-order valence-electron chi connectivity index (χ2n) is 7.87. The van der Waals surface area contributed by atoms with Crippen LogP contribution in [0.3, 0.4) is 0 Å². The molecule has 0 aromatic heterocycles. The monoisotopic (exact) mass is 333 g/mol. The first-order valence-corrected chi connectivity index (χ1v) is 8.89. The fourth-order valence-electron chi connectivity index (χ4n) is 3.54. The Balaban J connectivity index is 1.51. The molecule has 2 unspecified atom stereocenters. The number of piperidine rings is 1. The maximum Gasteiger partial charge on any atom is 0.251 e. The maximum atomic E-state index is 13.7. The van der Waals surface area contributed by atoms with Gasteiger partial charge >= 0.3 is 0 Å². The number of amides is 1. The molecule has 0 spiro atoms. The van der Waals surface area contributed by atoms with Crippen LogP contribution < -0.4 is 11.1 Å². The third-order valence-corrected chi connectivity index (χ3v) is 4.94. The zero-order valence-electron chi connectivity index (χ0n) is 14.6. The van der Waals surface area contributed by atoms with Crippen molar-refractivity contribution in [1.29, 1.82) is 0 Å². The predicted octanol–water partition coefficient (Wildman–Crippen LogP) is 2.44. The van der Waals surface area contributed by atoms with Gasteiger partial charge < -0.3 is 16.0 Å². The van der Waals surface area contributed by atoms with Gasteiger partial charge in [0.25, 0.3) is 5.91 Å². The zero-order valence-corrected chi connectivity index (χ0v) is 14.6. The molecular formula is C19H28FN3O. The fraction of sp³-hybridized carbons (Fsp3) is 0.632. The van der Waals surface area contributed by atoms with Gasteiger partial charge in [0.1, 0.15) is 5.67 Å². The van der Waals surface area contributed by atoms with Crippen LogP contribution in [0, 0.1) is 0 Å². The van der Waals surface area contributed by atoms with Crippen molar-refractivity contribution in [3.63, 3.8) is 0 Å². The number of hydrogen-bond donors (Lipinski definition) is 2. The molecule has 24 heavy (non-hydrogen) atoms. The summed E-state index contributed by atoms with van der Waals surface area (Å²) in [5.41, 5.74) is 6.60. The Kier molecular flexibility index (Phi) is 4.92. The van der Waals surface area contributed by atoms with E-state index >= 15 is 0 Å². The number of halogens is 1. The molecule has 5 heteroatoms. The standard InChI is InChI=1S/C19H28FN3O/c1-19(2,20)12-23-8-6-15(7-9-23)22-18(24)14-5-3-4-13(10-14)16-11-17(16)21/h3-5,10,15-17H,6-9,11-12,21H2,1-2H3,(H,22,24). The number of likely N-dealkylation sites (tertiary alicyclic amines) is 1. The minimum Gasteiger partial charge on any atom is -0.349 e. The molecule has 132 valence electrons. The molecule has 2 fully saturated rings. The van der Waals surface area contributed by atoms with E-state index in [4.69, 9.17) is 5.73 Å². The van der Waals surface area contributed by atoms with Crippen LogP contribution in [0.25, 0.3) is 0 Å². The molecule has 1 saturated heterocycles. The first-order valence-electron chi connectivity index (χ1n) is 8.89. The van der Waals surface area contributed by atoms with Gasteiger partial charge in [-0.05, 0) is 50.8 Å². The van der Waals surface area contributed by atoms with E-state index in [0.29, 0.717) is 18.0 Å². The summed E-state index contributed by atoms with van der Waals surface area (Å²) in [5.74, 6) is 0.389. The van der Waals surface area contributed by atoms with Crippen LogP contribution in [0.1, 0.15) is 54.9 Å². The largest absolute Gasteiger partial charge is 0.349 e. The second-order valence-corrected chi connectivity index (χ2v) is 7.87. The van der Waals surface area contributed by atoms with Crippen molar-refractivity contribution in [2.75, 3.05) is 19.6 Å². The fourth-order valence-corrected chi connectivity index (χ4v) is 3.54. The molecule has 3 rings (SSSR count). The van der Waals surface area contributed by atoms with Gasteiger partial charge in [-0.25, -0.2) is 4.39 Å². The van der Waals surface area contributed by atoms with Gasteiger partial charge in [0.15, 0.2) is 0 Å². The summed E-state index contributed by atoms with van der Waals surface area (Å²) in [6, 6.07) is 8.21. The molecule has 0 radical (unpaired) electrons. The van der Waals surface area contributed by atoms with Crippen molar-refractivity contribution in [1.82, 2.24) is 10.2 Å². The second kappa shape index (κ2) is 6.81. The Labute approximate surface area is 143 Å². The van der Waals surface area contributed by atoms with Crippen LogP contribution in [-0.4, -0.2) is 48.2 Å². The molecule has 4 nitrogen and oxygen atoms in total. The number of nitrogens with zero attached hydrogens (tertiary/aromatic N) is 1. The van der Waals surface area contributed by atoms with Crippen LogP contribution in [0.5, 0.6) is 0 Å². The smallest absolute Gasteiger partial charge is 0.251 e. The van der Waals surface area contributed by atoms with Gasteiger partial charge in [-0.15, -0.1) is 0 Å². The molecule has 2 aliphatic rings. The van der Waals surface area contributed by atoms with E-state index in [0.717, 1.165) is 37.9 Å². The molecule has 1 aromatic carbocycles. The van der Waals surface area contributed by atoms with Gasteiger partial charge in [0.05, 0.1) is 0 Å². The van der Waals surface area contributed by atoms with Crippen molar-refractivity contribution in [3.8, 4) is 0 Å². The highest BCUT2D eigenvalue weighted by Gasteiger charge is 2.35. The number of hydrogen-bond acceptors (Lipinski definition) is 3. The van der Waals surface area contributed by atoms with Gasteiger partial charge in [0, 0.05) is 43.2 Å². The number of alkyl halides is 1. The molecule has 1 aliphatic heterocycles. The summed E-state index contributed by atoms with van der Waals surface area (Å²) in [4.78, 5) is 14.6. The van der Waals surface area contributed by atoms with Gasteiger partial charge in [-0.3, -0.25) is 4.79 Å². The van der Waals surface area contributed by atoms with E-state index in [1.54, 1.807) is 13.8 Å². The Morgan fingerprint density at radius 1 is 1.38 bits per heavy atom. The summed E-state index contributed by atoms with van der Waals surface area (Å²) >= 11 is 0. The Morgan fingerprint density at radius 2 is 2.04 bits per heavy atom. The van der Waals surface area contributed by atoms with E-state index in [1.165, 1.54) is 0 Å². The number of nitrogens with two attached hydrogens (primary N) is 1. The molecule has 1 heterocycles. The van der Waals surface area contributed by atoms with E-state index in [2.05, 4.69) is 10.2 Å². The SMILES string of the molecule is CC(C)(F)CN1CCC(NC(=O)c2cccc(C3CC3N)c2)CC1. The van der Waals surface area contributed by atoms with E-state index in [-0.39, 0.29) is 18.0 Å². The normalized spacial score (nSPS) is 25.5. The quantitative estimate of drug-likeness (QED) is 0.870. The van der Waals surface area contributed by atoms with E-state index < -0.39 is 5.67 Å². The van der Waals surface area contributed by atoms with Crippen LogP contribution >= 0.6 is 0 Å². The van der Waals surface area contributed by atoms with E-state index in [9.17, 15) is 9.18 Å². The summed E-state index contributed by atoms with van der Waals surface area (Å²) in [7, 11) is 0. The van der Waals surface area contributed by atoms with Crippen LogP contribution in [-0.2, 0) is 0 Å². The number of carbonyl (C=O) groups excluding carboxylic acids is 1. The molecule has 0 bridgehead atoms. The Morgan fingerprint density at radius 3 is 2.62 bits per heavy atom. The Hall–Kier alpha value is -1.46. The van der Waals surface area contributed by atoms with Crippen molar-refractivity contribution in [2.45, 2.75) is 56.8 Å². The number of carbonyl (C=O) groups is 1. The number of rotatable bonds is 5. The first-order chi connectivity index (χ1) is 11.3. The number of nitrogens with one attached hydrogen (secondary N) is 1. The van der Waals surface area contributed by atoms with Crippen LogP contribution in [0.2, 0.25) is 0 Å². The lowest BCUT2D eigenvalue weighted by Gasteiger charge is -2.34. The zero-order chi connectivity index (χ0) is 17.3. The third-order valence-electron chi connectivity index (χ3n) is 4.94. The average Bonchev–Trinajstić information content (AvgIpc) is 3.25. The van der Waals surface area contributed by atoms with Gasteiger partial charge in [-0.2, -0.15) is 0 Å². The van der Waals surface area contributed by atoms with Crippen molar-refractivity contribution in [3.05, 3.63) is 35.4 Å². The molecule has 1 amide bonds. The predicted molar refractivity (Wildman–Crippen MR) is 93.9 cm³/mol. The highest BCUT2D eigenvalue weighted by molar-refractivity contribution is 5.94. The summed E-state index contributed by atoms with van der Waals surface area (Å²) in [6.07, 6.45) is 2.75. The highest BCUT2D eigenvalue weighted by atomic mass is 19.1. The summed E-state index contributed by atoms with van der Waals surface area (Å²) in [6.45, 7) is 5.33.